The van der Waals surface area contributed by atoms with E-state index >= 15 is 0 Å². The van der Waals surface area contributed by atoms with Gasteiger partial charge in [0.15, 0.2) is 23.1 Å². The summed E-state index contributed by atoms with van der Waals surface area (Å²) in [6, 6.07) is 12.9. The number of aryl methyl sites for hydroxylation is 1. The zero-order chi connectivity index (χ0) is 20.2. The molecule has 0 bridgehead atoms. The van der Waals surface area contributed by atoms with Crippen molar-refractivity contribution in [2.24, 2.45) is 0 Å². The van der Waals surface area contributed by atoms with Crippen LogP contribution in [0.3, 0.4) is 0 Å². The second kappa shape index (κ2) is 8.57. The molecule has 0 spiro atoms. The standard InChI is InChI=1S/C22H21ClN2O4/c1-14(16-4-7-18-19(12-16)28-11-10-27-18)25-21(26)8-9-22-24-13-20(29-22)15-2-5-17(23)6-3-15/h2-7,12-14H,8-11H2,1H3,(H,25,26). The molecular weight excluding hydrogens is 392 g/mol. The van der Waals surface area contributed by atoms with E-state index in [0.717, 1.165) is 16.9 Å². The SMILES string of the molecule is CC(NC(=O)CCc1ncc(-c2ccc(Cl)cc2)o1)c1ccc2c(c1)OCCO2. The summed E-state index contributed by atoms with van der Waals surface area (Å²) in [5, 5.41) is 3.66. The highest BCUT2D eigenvalue weighted by atomic mass is 35.5. The average molecular weight is 413 g/mol. The van der Waals surface area contributed by atoms with Gasteiger partial charge in [-0.2, -0.15) is 0 Å². The summed E-state index contributed by atoms with van der Waals surface area (Å²) in [6.45, 7) is 3.03. The van der Waals surface area contributed by atoms with Crippen LogP contribution in [0.2, 0.25) is 5.02 Å². The lowest BCUT2D eigenvalue weighted by atomic mass is 10.1. The Balaban J connectivity index is 1.31. The Morgan fingerprint density at radius 1 is 1.14 bits per heavy atom. The van der Waals surface area contributed by atoms with E-state index in [-0.39, 0.29) is 18.4 Å². The molecule has 0 saturated heterocycles. The number of hydrogen-bond donors (Lipinski definition) is 1. The highest BCUT2D eigenvalue weighted by Crippen LogP contribution is 2.32. The molecule has 0 radical (unpaired) electrons. The Morgan fingerprint density at radius 2 is 1.90 bits per heavy atom. The van der Waals surface area contributed by atoms with Crippen LogP contribution in [0.5, 0.6) is 11.5 Å². The lowest BCUT2D eigenvalue weighted by Gasteiger charge is -2.21. The van der Waals surface area contributed by atoms with Crippen LogP contribution in [0.15, 0.2) is 53.1 Å². The molecule has 0 fully saturated rings. The minimum absolute atomic E-state index is 0.0707. The van der Waals surface area contributed by atoms with Gasteiger partial charge in [-0.3, -0.25) is 4.79 Å². The smallest absolute Gasteiger partial charge is 0.220 e. The minimum atomic E-state index is -0.146. The van der Waals surface area contributed by atoms with Crippen molar-refractivity contribution in [2.75, 3.05) is 13.2 Å². The van der Waals surface area contributed by atoms with E-state index in [9.17, 15) is 4.79 Å². The molecule has 6 nitrogen and oxygen atoms in total. The molecule has 0 aliphatic carbocycles. The Hall–Kier alpha value is -2.99. The van der Waals surface area contributed by atoms with Crippen molar-refractivity contribution in [3.63, 3.8) is 0 Å². The van der Waals surface area contributed by atoms with E-state index in [1.165, 1.54) is 0 Å². The van der Waals surface area contributed by atoms with Crippen LogP contribution in [-0.4, -0.2) is 24.1 Å². The van der Waals surface area contributed by atoms with Crippen LogP contribution >= 0.6 is 11.6 Å². The first kappa shape index (κ1) is 19.3. The molecule has 1 aliphatic heterocycles. The predicted octanol–water partition coefficient (Wildman–Crippen LogP) is 4.58. The maximum Gasteiger partial charge on any atom is 0.220 e. The fraction of sp³-hybridized carbons (Fsp3) is 0.273. The van der Waals surface area contributed by atoms with Gasteiger partial charge in [-0.25, -0.2) is 4.98 Å². The summed E-state index contributed by atoms with van der Waals surface area (Å²) in [7, 11) is 0. The summed E-state index contributed by atoms with van der Waals surface area (Å²) in [5.41, 5.74) is 1.86. The van der Waals surface area contributed by atoms with Crippen molar-refractivity contribution in [3.8, 4) is 22.8 Å². The molecule has 1 aliphatic rings. The Labute approximate surface area is 173 Å². The number of hydrogen-bond acceptors (Lipinski definition) is 5. The van der Waals surface area contributed by atoms with Gasteiger partial charge in [-0.15, -0.1) is 0 Å². The number of nitrogens with one attached hydrogen (secondary N) is 1. The second-order valence-electron chi connectivity index (χ2n) is 6.82. The number of nitrogens with zero attached hydrogens (tertiary/aromatic N) is 1. The molecule has 2 heterocycles. The molecule has 3 aromatic rings. The van der Waals surface area contributed by atoms with Crippen molar-refractivity contribution in [1.82, 2.24) is 10.3 Å². The average Bonchev–Trinajstić information content (AvgIpc) is 3.21. The molecule has 7 heteroatoms. The predicted molar refractivity (Wildman–Crippen MR) is 109 cm³/mol. The summed E-state index contributed by atoms with van der Waals surface area (Å²) < 4.78 is 16.9. The van der Waals surface area contributed by atoms with Gasteiger partial charge in [0.25, 0.3) is 0 Å². The molecule has 1 amide bonds. The van der Waals surface area contributed by atoms with Crippen LogP contribution in [-0.2, 0) is 11.2 Å². The lowest BCUT2D eigenvalue weighted by Crippen LogP contribution is -2.27. The largest absolute Gasteiger partial charge is 0.486 e. The minimum Gasteiger partial charge on any atom is -0.486 e. The first-order chi connectivity index (χ1) is 14.1. The van der Waals surface area contributed by atoms with Gasteiger partial charge in [-0.1, -0.05) is 17.7 Å². The molecule has 0 saturated carbocycles. The van der Waals surface area contributed by atoms with Crippen molar-refractivity contribution in [3.05, 3.63) is 65.1 Å². The van der Waals surface area contributed by atoms with Gasteiger partial charge in [0, 0.05) is 23.4 Å². The van der Waals surface area contributed by atoms with E-state index in [1.807, 2.05) is 37.3 Å². The van der Waals surface area contributed by atoms with E-state index in [1.54, 1.807) is 18.3 Å². The van der Waals surface area contributed by atoms with E-state index < -0.39 is 0 Å². The fourth-order valence-electron chi connectivity index (χ4n) is 3.12. The van der Waals surface area contributed by atoms with Crippen LogP contribution in [0.25, 0.3) is 11.3 Å². The highest BCUT2D eigenvalue weighted by molar-refractivity contribution is 6.30. The number of fused-ring (bicyclic) bond motifs is 1. The van der Waals surface area contributed by atoms with E-state index in [4.69, 9.17) is 25.5 Å². The monoisotopic (exact) mass is 412 g/mol. The van der Waals surface area contributed by atoms with Crippen LogP contribution in [0.4, 0.5) is 0 Å². The highest BCUT2D eigenvalue weighted by Gasteiger charge is 2.16. The summed E-state index contributed by atoms with van der Waals surface area (Å²) >= 11 is 5.91. The zero-order valence-corrected chi connectivity index (χ0v) is 16.7. The molecule has 1 N–H and O–H groups in total. The van der Waals surface area contributed by atoms with Crippen LogP contribution in [0.1, 0.15) is 30.8 Å². The number of carbonyl (C=O) groups excluding carboxylic acids is 1. The quantitative estimate of drug-likeness (QED) is 0.641. The first-order valence-corrected chi connectivity index (χ1v) is 9.86. The number of ether oxygens (including phenoxy) is 2. The van der Waals surface area contributed by atoms with Crippen LogP contribution in [0, 0.1) is 0 Å². The Morgan fingerprint density at radius 3 is 2.69 bits per heavy atom. The van der Waals surface area contributed by atoms with Crippen molar-refractivity contribution in [1.29, 1.82) is 0 Å². The molecule has 1 atom stereocenters. The van der Waals surface area contributed by atoms with Gasteiger partial charge < -0.3 is 19.2 Å². The van der Waals surface area contributed by atoms with E-state index in [2.05, 4.69) is 10.3 Å². The molecule has 1 aromatic heterocycles. The first-order valence-electron chi connectivity index (χ1n) is 9.48. The van der Waals surface area contributed by atoms with Gasteiger partial charge in [0.1, 0.15) is 13.2 Å². The third-order valence-corrected chi connectivity index (χ3v) is 4.94. The summed E-state index contributed by atoms with van der Waals surface area (Å²) in [6.07, 6.45) is 2.37. The molecule has 1 unspecified atom stereocenters. The zero-order valence-electron chi connectivity index (χ0n) is 16.0. The lowest BCUT2D eigenvalue weighted by molar-refractivity contribution is -0.121. The molecule has 2 aromatic carbocycles. The number of amides is 1. The molecule has 150 valence electrons. The van der Waals surface area contributed by atoms with Gasteiger partial charge >= 0.3 is 0 Å². The van der Waals surface area contributed by atoms with Gasteiger partial charge in [-0.05, 0) is 48.9 Å². The summed E-state index contributed by atoms with van der Waals surface area (Å²) in [5.74, 6) is 2.56. The maximum atomic E-state index is 12.4. The van der Waals surface area contributed by atoms with Crippen LogP contribution < -0.4 is 14.8 Å². The third-order valence-electron chi connectivity index (χ3n) is 4.69. The molecule has 4 rings (SSSR count). The number of carbonyl (C=O) groups is 1. The molecule has 29 heavy (non-hydrogen) atoms. The number of benzene rings is 2. The Kier molecular flexibility index (Phi) is 5.71. The van der Waals surface area contributed by atoms with Crippen molar-refractivity contribution in [2.45, 2.75) is 25.8 Å². The van der Waals surface area contributed by atoms with Gasteiger partial charge in [0.2, 0.25) is 5.91 Å². The second-order valence-corrected chi connectivity index (χ2v) is 7.25. The third kappa shape index (κ3) is 4.71. The summed E-state index contributed by atoms with van der Waals surface area (Å²) in [4.78, 5) is 16.6. The fourth-order valence-corrected chi connectivity index (χ4v) is 3.25. The number of rotatable bonds is 6. The van der Waals surface area contributed by atoms with Gasteiger partial charge in [0.05, 0.1) is 12.2 Å². The molecular formula is C22H21ClN2O4. The van der Waals surface area contributed by atoms with Crippen molar-refractivity contribution < 1.29 is 18.7 Å². The van der Waals surface area contributed by atoms with E-state index in [0.29, 0.717) is 42.1 Å². The van der Waals surface area contributed by atoms with Crippen molar-refractivity contribution >= 4 is 17.5 Å². The topological polar surface area (TPSA) is 73.6 Å². The normalized spacial score (nSPS) is 13.7. The number of aromatic nitrogens is 1. The number of halogens is 1. The Bertz CT molecular complexity index is 1000. The number of oxazole rings is 1. The maximum absolute atomic E-state index is 12.4.